The highest BCUT2D eigenvalue weighted by atomic mass is 16.5. The van der Waals surface area contributed by atoms with Gasteiger partial charge in [-0.15, -0.1) is 0 Å². The van der Waals surface area contributed by atoms with E-state index in [1.54, 1.807) is 0 Å². The maximum atomic E-state index is 6.02. The zero-order valence-electron chi connectivity index (χ0n) is 8.44. The summed E-state index contributed by atoms with van der Waals surface area (Å²) in [6.45, 7) is 4.94. The molecular formula is C10H20N2O. The summed E-state index contributed by atoms with van der Waals surface area (Å²) in [5, 5.41) is 3.55. The van der Waals surface area contributed by atoms with Crippen LogP contribution in [0.4, 0.5) is 0 Å². The Morgan fingerprint density at radius 3 is 2.69 bits per heavy atom. The maximum absolute atomic E-state index is 6.02. The van der Waals surface area contributed by atoms with Crippen molar-refractivity contribution in [2.45, 2.75) is 43.7 Å². The Bertz CT molecular complexity index is 183. The van der Waals surface area contributed by atoms with Crippen molar-refractivity contribution in [1.29, 1.82) is 0 Å². The van der Waals surface area contributed by atoms with E-state index in [9.17, 15) is 0 Å². The van der Waals surface area contributed by atoms with Gasteiger partial charge in [-0.05, 0) is 32.6 Å². The molecule has 3 heteroatoms. The van der Waals surface area contributed by atoms with Crippen molar-refractivity contribution in [3.63, 3.8) is 0 Å². The first-order chi connectivity index (χ1) is 6.12. The SMILES string of the molecule is CC1(NCC2(N)CC2)CCCOC1. The minimum Gasteiger partial charge on any atom is -0.380 e. The summed E-state index contributed by atoms with van der Waals surface area (Å²) in [6, 6.07) is 0. The van der Waals surface area contributed by atoms with Gasteiger partial charge >= 0.3 is 0 Å². The van der Waals surface area contributed by atoms with Crippen LogP contribution in [-0.4, -0.2) is 30.8 Å². The highest BCUT2D eigenvalue weighted by Crippen LogP contribution is 2.32. The van der Waals surface area contributed by atoms with Gasteiger partial charge in [0.1, 0.15) is 0 Å². The highest BCUT2D eigenvalue weighted by molar-refractivity contribution is 5.02. The lowest BCUT2D eigenvalue weighted by atomic mass is 9.94. The molecule has 1 saturated carbocycles. The van der Waals surface area contributed by atoms with Crippen molar-refractivity contribution in [2.24, 2.45) is 5.73 Å². The molecule has 3 N–H and O–H groups in total. The molecule has 1 aliphatic heterocycles. The number of ether oxygens (including phenoxy) is 1. The van der Waals surface area contributed by atoms with E-state index in [0.29, 0.717) is 0 Å². The quantitative estimate of drug-likeness (QED) is 0.676. The lowest BCUT2D eigenvalue weighted by Gasteiger charge is -2.35. The third-order valence-electron chi connectivity index (χ3n) is 3.20. The average Bonchev–Trinajstić information content (AvgIpc) is 2.84. The summed E-state index contributed by atoms with van der Waals surface area (Å²) in [5.41, 5.74) is 6.30. The maximum Gasteiger partial charge on any atom is 0.0645 e. The molecule has 0 aromatic carbocycles. The summed E-state index contributed by atoms with van der Waals surface area (Å²) in [6.07, 6.45) is 4.73. The topological polar surface area (TPSA) is 47.3 Å². The first-order valence-electron chi connectivity index (χ1n) is 5.24. The van der Waals surface area contributed by atoms with Gasteiger partial charge in [-0.2, -0.15) is 0 Å². The Morgan fingerprint density at radius 2 is 2.15 bits per heavy atom. The molecule has 2 rings (SSSR count). The smallest absolute Gasteiger partial charge is 0.0645 e. The van der Waals surface area contributed by atoms with E-state index in [0.717, 1.165) is 19.8 Å². The fourth-order valence-corrected chi connectivity index (χ4v) is 1.80. The molecule has 1 unspecified atom stereocenters. The van der Waals surface area contributed by atoms with Gasteiger partial charge in [0.2, 0.25) is 0 Å². The molecule has 0 aromatic heterocycles. The van der Waals surface area contributed by atoms with E-state index < -0.39 is 0 Å². The Labute approximate surface area is 80.0 Å². The van der Waals surface area contributed by atoms with Gasteiger partial charge in [-0.1, -0.05) is 0 Å². The second kappa shape index (κ2) is 3.23. The molecule has 2 fully saturated rings. The monoisotopic (exact) mass is 184 g/mol. The van der Waals surface area contributed by atoms with Crippen molar-refractivity contribution in [2.75, 3.05) is 19.8 Å². The van der Waals surface area contributed by atoms with E-state index in [-0.39, 0.29) is 11.1 Å². The Balaban J connectivity index is 1.77. The van der Waals surface area contributed by atoms with Gasteiger partial charge in [-0.25, -0.2) is 0 Å². The van der Waals surface area contributed by atoms with Gasteiger partial charge in [0.05, 0.1) is 6.61 Å². The molecule has 0 spiro atoms. The number of rotatable bonds is 3. The first-order valence-corrected chi connectivity index (χ1v) is 5.24. The first kappa shape index (κ1) is 9.44. The second-order valence-corrected chi connectivity index (χ2v) is 4.93. The largest absolute Gasteiger partial charge is 0.380 e. The van der Waals surface area contributed by atoms with Crippen LogP contribution in [0.15, 0.2) is 0 Å². The third kappa shape index (κ3) is 2.42. The molecule has 0 amide bonds. The number of nitrogens with one attached hydrogen (secondary N) is 1. The average molecular weight is 184 g/mol. The number of hydrogen-bond donors (Lipinski definition) is 2. The van der Waals surface area contributed by atoms with E-state index in [1.165, 1.54) is 25.7 Å². The molecule has 1 aliphatic carbocycles. The summed E-state index contributed by atoms with van der Waals surface area (Å²) < 4.78 is 5.47. The minimum absolute atomic E-state index is 0.112. The van der Waals surface area contributed by atoms with Crippen LogP contribution >= 0.6 is 0 Å². The molecule has 76 valence electrons. The lowest BCUT2D eigenvalue weighted by molar-refractivity contribution is 0.0277. The lowest BCUT2D eigenvalue weighted by Crippen LogP contribution is -2.53. The third-order valence-corrected chi connectivity index (χ3v) is 3.20. The zero-order chi connectivity index (χ0) is 9.36. The summed E-state index contributed by atoms with van der Waals surface area (Å²) in [5.74, 6) is 0. The van der Waals surface area contributed by atoms with E-state index >= 15 is 0 Å². The molecule has 0 radical (unpaired) electrons. The Morgan fingerprint density at radius 1 is 1.38 bits per heavy atom. The van der Waals surface area contributed by atoms with Crippen molar-refractivity contribution in [3.8, 4) is 0 Å². The van der Waals surface area contributed by atoms with Crippen LogP contribution in [0.3, 0.4) is 0 Å². The van der Waals surface area contributed by atoms with E-state index in [4.69, 9.17) is 10.5 Å². The number of hydrogen-bond acceptors (Lipinski definition) is 3. The van der Waals surface area contributed by atoms with Crippen LogP contribution in [0.25, 0.3) is 0 Å². The van der Waals surface area contributed by atoms with Crippen molar-refractivity contribution < 1.29 is 4.74 Å². The van der Waals surface area contributed by atoms with Gasteiger partial charge < -0.3 is 15.8 Å². The summed E-state index contributed by atoms with van der Waals surface area (Å²) >= 11 is 0. The van der Waals surface area contributed by atoms with Crippen LogP contribution < -0.4 is 11.1 Å². The van der Waals surface area contributed by atoms with Gasteiger partial charge in [0.15, 0.2) is 0 Å². The zero-order valence-corrected chi connectivity index (χ0v) is 8.44. The molecule has 3 nitrogen and oxygen atoms in total. The standard InChI is InChI=1S/C10H20N2O/c1-9(3-2-6-13-8-9)12-7-10(11)4-5-10/h12H,2-8,11H2,1H3. The fourth-order valence-electron chi connectivity index (χ4n) is 1.80. The Kier molecular flexibility index (Phi) is 2.34. The van der Waals surface area contributed by atoms with Gasteiger partial charge in [0, 0.05) is 24.2 Å². The second-order valence-electron chi connectivity index (χ2n) is 4.93. The van der Waals surface area contributed by atoms with Gasteiger partial charge in [-0.3, -0.25) is 0 Å². The van der Waals surface area contributed by atoms with E-state index in [1.807, 2.05) is 0 Å². The molecule has 0 bridgehead atoms. The van der Waals surface area contributed by atoms with Crippen molar-refractivity contribution >= 4 is 0 Å². The molecule has 2 aliphatic rings. The predicted octanol–water partition coefficient (Wildman–Crippen LogP) is 0.636. The molecule has 1 saturated heterocycles. The summed E-state index contributed by atoms with van der Waals surface area (Å²) in [7, 11) is 0. The predicted molar refractivity (Wildman–Crippen MR) is 52.6 cm³/mol. The van der Waals surface area contributed by atoms with Gasteiger partial charge in [0.25, 0.3) is 0 Å². The molecule has 0 aromatic rings. The highest BCUT2D eigenvalue weighted by Gasteiger charge is 2.40. The molecular weight excluding hydrogens is 164 g/mol. The molecule has 1 heterocycles. The summed E-state index contributed by atoms with van der Waals surface area (Å²) in [4.78, 5) is 0. The Hall–Kier alpha value is -0.120. The fraction of sp³-hybridized carbons (Fsp3) is 1.00. The molecule has 1 atom stereocenters. The van der Waals surface area contributed by atoms with Crippen LogP contribution in [0, 0.1) is 0 Å². The van der Waals surface area contributed by atoms with Crippen molar-refractivity contribution in [1.82, 2.24) is 5.32 Å². The van der Waals surface area contributed by atoms with Crippen LogP contribution in [0.1, 0.15) is 32.6 Å². The normalized spacial score (nSPS) is 37.4. The van der Waals surface area contributed by atoms with E-state index in [2.05, 4.69) is 12.2 Å². The van der Waals surface area contributed by atoms with Crippen LogP contribution in [0.2, 0.25) is 0 Å². The molecule has 13 heavy (non-hydrogen) atoms. The van der Waals surface area contributed by atoms with Crippen LogP contribution in [-0.2, 0) is 4.74 Å². The van der Waals surface area contributed by atoms with Crippen LogP contribution in [0.5, 0.6) is 0 Å². The minimum atomic E-state index is 0.112. The number of nitrogens with two attached hydrogens (primary N) is 1. The van der Waals surface area contributed by atoms with Crippen molar-refractivity contribution in [3.05, 3.63) is 0 Å².